The van der Waals surface area contributed by atoms with Gasteiger partial charge in [0.1, 0.15) is 6.61 Å². The molecule has 6 heteroatoms. The predicted molar refractivity (Wildman–Crippen MR) is 102 cm³/mol. The molecule has 0 aliphatic heterocycles. The Bertz CT molecular complexity index is 647. The van der Waals surface area contributed by atoms with Crippen molar-refractivity contribution in [3.8, 4) is 0 Å². The third-order valence-electron chi connectivity index (χ3n) is 4.91. The summed E-state index contributed by atoms with van der Waals surface area (Å²) in [5.41, 5.74) is 2.23. The number of benzene rings is 1. The fourth-order valence-corrected chi connectivity index (χ4v) is 3.82. The SMILES string of the molecule is CC(CNS(=O)(=O)C(C)C)C1CCC(=NOCc2ccccc2)CC1. The van der Waals surface area contributed by atoms with Crippen LogP contribution in [0.25, 0.3) is 0 Å². The van der Waals surface area contributed by atoms with Gasteiger partial charge in [-0.3, -0.25) is 0 Å². The molecular weight excluding hydrogens is 336 g/mol. The van der Waals surface area contributed by atoms with Crippen molar-refractivity contribution in [2.24, 2.45) is 17.0 Å². The second kappa shape index (κ2) is 9.34. The molecule has 1 fully saturated rings. The van der Waals surface area contributed by atoms with Crippen LogP contribution < -0.4 is 4.72 Å². The van der Waals surface area contributed by atoms with Crippen molar-refractivity contribution in [3.05, 3.63) is 35.9 Å². The first-order valence-corrected chi connectivity index (χ1v) is 10.6. The Hall–Kier alpha value is -1.40. The van der Waals surface area contributed by atoms with E-state index in [4.69, 9.17) is 4.84 Å². The van der Waals surface area contributed by atoms with Crippen molar-refractivity contribution in [1.82, 2.24) is 4.72 Å². The van der Waals surface area contributed by atoms with E-state index in [2.05, 4.69) is 16.8 Å². The highest BCUT2D eigenvalue weighted by Crippen LogP contribution is 2.29. The van der Waals surface area contributed by atoms with E-state index < -0.39 is 10.0 Å². The van der Waals surface area contributed by atoms with Crippen LogP contribution in [0, 0.1) is 11.8 Å². The lowest BCUT2D eigenvalue weighted by Crippen LogP contribution is -2.36. The van der Waals surface area contributed by atoms with Gasteiger partial charge in [0.05, 0.1) is 11.0 Å². The van der Waals surface area contributed by atoms with Crippen LogP contribution in [0.5, 0.6) is 0 Å². The summed E-state index contributed by atoms with van der Waals surface area (Å²) < 4.78 is 26.5. The highest BCUT2D eigenvalue weighted by atomic mass is 32.2. The second-order valence-electron chi connectivity index (χ2n) is 7.17. The zero-order chi connectivity index (χ0) is 18.3. The molecule has 140 valence electrons. The summed E-state index contributed by atoms with van der Waals surface area (Å²) in [7, 11) is -3.17. The van der Waals surface area contributed by atoms with E-state index in [1.807, 2.05) is 30.3 Å². The smallest absolute Gasteiger partial charge is 0.213 e. The first-order chi connectivity index (χ1) is 11.9. The van der Waals surface area contributed by atoms with Crippen molar-refractivity contribution in [3.63, 3.8) is 0 Å². The molecular formula is C19H30N2O3S. The van der Waals surface area contributed by atoms with Gasteiger partial charge in [-0.1, -0.05) is 42.4 Å². The van der Waals surface area contributed by atoms with Gasteiger partial charge in [0.15, 0.2) is 0 Å². The number of sulfonamides is 1. The van der Waals surface area contributed by atoms with Crippen LogP contribution in [-0.4, -0.2) is 25.9 Å². The van der Waals surface area contributed by atoms with Crippen molar-refractivity contribution < 1.29 is 13.3 Å². The van der Waals surface area contributed by atoms with Crippen molar-refractivity contribution in [2.45, 2.75) is 58.3 Å². The van der Waals surface area contributed by atoms with Crippen LogP contribution >= 0.6 is 0 Å². The molecule has 1 aliphatic carbocycles. The summed E-state index contributed by atoms with van der Waals surface area (Å²) in [5, 5.41) is 3.90. The Morgan fingerprint density at radius 1 is 1.16 bits per heavy atom. The maximum Gasteiger partial charge on any atom is 0.213 e. The van der Waals surface area contributed by atoms with E-state index in [0.29, 0.717) is 25.0 Å². The van der Waals surface area contributed by atoms with Crippen LogP contribution in [0.2, 0.25) is 0 Å². The molecule has 0 radical (unpaired) electrons. The minimum absolute atomic E-state index is 0.334. The Morgan fingerprint density at radius 3 is 2.40 bits per heavy atom. The average Bonchev–Trinajstić information content (AvgIpc) is 2.61. The van der Waals surface area contributed by atoms with Gasteiger partial charge >= 0.3 is 0 Å². The maximum atomic E-state index is 11.9. The summed E-state index contributed by atoms with van der Waals surface area (Å²) in [4.78, 5) is 5.47. The molecule has 0 aromatic heterocycles. The summed E-state index contributed by atoms with van der Waals surface area (Å²) in [6.07, 6.45) is 3.94. The van der Waals surface area contributed by atoms with Crippen molar-refractivity contribution in [2.75, 3.05) is 6.54 Å². The van der Waals surface area contributed by atoms with Gasteiger partial charge in [-0.25, -0.2) is 13.1 Å². The van der Waals surface area contributed by atoms with Gasteiger partial charge < -0.3 is 4.84 Å². The van der Waals surface area contributed by atoms with Crippen molar-refractivity contribution in [1.29, 1.82) is 0 Å². The summed E-state index contributed by atoms with van der Waals surface area (Å²) >= 11 is 0. The van der Waals surface area contributed by atoms with Crippen LogP contribution in [0.15, 0.2) is 35.5 Å². The van der Waals surface area contributed by atoms with Gasteiger partial charge in [0.25, 0.3) is 0 Å². The van der Waals surface area contributed by atoms with E-state index in [-0.39, 0.29) is 5.25 Å². The molecule has 0 heterocycles. The number of hydrogen-bond donors (Lipinski definition) is 1. The topological polar surface area (TPSA) is 67.8 Å². The van der Waals surface area contributed by atoms with Crippen LogP contribution in [-0.2, 0) is 21.5 Å². The number of hydrogen-bond acceptors (Lipinski definition) is 4. The first-order valence-electron chi connectivity index (χ1n) is 9.08. The molecule has 1 saturated carbocycles. The molecule has 25 heavy (non-hydrogen) atoms. The summed E-state index contributed by atoms with van der Waals surface area (Å²) in [6, 6.07) is 10.0. The molecule has 0 saturated heterocycles. The number of rotatable bonds is 8. The monoisotopic (exact) mass is 366 g/mol. The fourth-order valence-electron chi connectivity index (χ4n) is 2.99. The zero-order valence-electron chi connectivity index (χ0n) is 15.4. The number of oxime groups is 1. The summed E-state index contributed by atoms with van der Waals surface area (Å²) in [5.74, 6) is 0.864. The molecule has 1 unspecified atom stereocenters. The molecule has 0 spiro atoms. The third kappa shape index (κ3) is 6.44. The minimum atomic E-state index is -3.17. The first kappa shape index (κ1) is 19.9. The van der Waals surface area contributed by atoms with E-state index >= 15 is 0 Å². The van der Waals surface area contributed by atoms with Gasteiger partial charge in [0.2, 0.25) is 10.0 Å². The van der Waals surface area contributed by atoms with Gasteiger partial charge in [-0.2, -0.15) is 0 Å². The molecule has 0 bridgehead atoms. The molecule has 1 atom stereocenters. The normalized spacial score (nSPS) is 19.7. The van der Waals surface area contributed by atoms with E-state index in [9.17, 15) is 8.42 Å². The highest BCUT2D eigenvalue weighted by molar-refractivity contribution is 7.90. The second-order valence-corrected chi connectivity index (χ2v) is 9.49. The van der Waals surface area contributed by atoms with E-state index in [1.54, 1.807) is 13.8 Å². The lowest BCUT2D eigenvalue weighted by atomic mass is 9.80. The third-order valence-corrected chi connectivity index (χ3v) is 6.72. The Labute approximate surface area is 151 Å². The molecule has 1 aromatic carbocycles. The average molecular weight is 367 g/mol. The molecule has 0 amide bonds. The summed E-state index contributed by atoms with van der Waals surface area (Å²) in [6.45, 7) is 6.54. The molecule has 1 N–H and O–H groups in total. The lowest BCUT2D eigenvalue weighted by Gasteiger charge is -2.28. The van der Waals surface area contributed by atoms with E-state index in [1.165, 1.54) is 0 Å². The lowest BCUT2D eigenvalue weighted by molar-refractivity contribution is 0.127. The Kier molecular flexibility index (Phi) is 7.44. The van der Waals surface area contributed by atoms with Crippen LogP contribution in [0.4, 0.5) is 0 Å². The molecule has 1 aliphatic rings. The van der Waals surface area contributed by atoms with Crippen molar-refractivity contribution >= 4 is 15.7 Å². The molecule has 2 rings (SSSR count). The van der Waals surface area contributed by atoms with Gasteiger partial charge in [-0.05, 0) is 56.9 Å². The minimum Gasteiger partial charge on any atom is -0.391 e. The van der Waals surface area contributed by atoms with Gasteiger partial charge in [0, 0.05) is 6.54 Å². The molecule has 5 nitrogen and oxygen atoms in total. The molecule has 1 aromatic rings. The van der Waals surface area contributed by atoms with E-state index in [0.717, 1.165) is 37.0 Å². The quantitative estimate of drug-likeness (QED) is 0.713. The predicted octanol–water partition coefficient (Wildman–Crippen LogP) is 3.71. The number of nitrogens with one attached hydrogen (secondary N) is 1. The fraction of sp³-hybridized carbons (Fsp3) is 0.632. The standard InChI is InChI=1S/C19H30N2O3S/c1-15(2)25(22,23)20-13-16(3)18-9-11-19(12-10-18)21-24-14-17-7-5-4-6-8-17/h4-8,15-16,18,20H,9-14H2,1-3H3. The highest BCUT2D eigenvalue weighted by Gasteiger charge is 2.25. The van der Waals surface area contributed by atoms with Gasteiger partial charge in [-0.15, -0.1) is 0 Å². The maximum absolute atomic E-state index is 11.9. The van der Waals surface area contributed by atoms with Crippen LogP contribution in [0.3, 0.4) is 0 Å². The zero-order valence-corrected chi connectivity index (χ0v) is 16.3. The Balaban J connectivity index is 1.72. The largest absolute Gasteiger partial charge is 0.391 e. The number of nitrogens with zero attached hydrogens (tertiary/aromatic N) is 1. The Morgan fingerprint density at radius 2 is 1.80 bits per heavy atom. The van der Waals surface area contributed by atoms with Crippen LogP contribution in [0.1, 0.15) is 52.0 Å².